The second-order valence-corrected chi connectivity index (χ2v) is 8.12. The van der Waals surface area contributed by atoms with Gasteiger partial charge in [0.25, 0.3) is 5.91 Å². The Morgan fingerprint density at radius 2 is 1.82 bits per heavy atom. The number of rotatable bonds is 10. The fourth-order valence-corrected chi connectivity index (χ4v) is 3.91. The third-order valence-corrected chi connectivity index (χ3v) is 5.73. The minimum Gasteiger partial charge on any atom is -0.465 e. The molecule has 2 aromatic carbocycles. The number of aromatic nitrogens is 3. The van der Waals surface area contributed by atoms with Crippen molar-refractivity contribution in [2.75, 3.05) is 18.2 Å². The summed E-state index contributed by atoms with van der Waals surface area (Å²) in [7, 11) is 1.28. The number of para-hydroxylation sites is 1. The molecular formula is C24H25N5O4S. The Labute approximate surface area is 201 Å². The summed E-state index contributed by atoms with van der Waals surface area (Å²) in [6.07, 6.45) is 1.69. The minimum atomic E-state index is -0.537. The molecule has 1 heterocycles. The standard InChI is InChI=1S/C24H25N5O4S/c1-4-14-29-21(16(2)25-22(31)17-10-6-5-7-11-17)27-28-24(29)34-15-20(30)26-19-13-9-8-12-18(19)23(32)33-3/h4-13,16H,1,14-15H2,2-3H3,(H,25,31)(H,26,30)/t16-/m1/s1. The smallest absolute Gasteiger partial charge is 0.339 e. The van der Waals surface area contributed by atoms with Gasteiger partial charge < -0.3 is 19.9 Å². The van der Waals surface area contributed by atoms with Gasteiger partial charge in [-0.2, -0.15) is 0 Å². The first-order chi connectivity index (χ1) is 16.4. The number of carbonyl (C=O) groups excluding carboxylic acids is 3. The number of nitrogens with one attached hydrogen (secondary N) is 2. The molecular weight excluding hydrogens is 454 g/mol. The molecule has 34 heavy (non-hydrogen) atoms. The zero-order valence-corrected chi connectivity index (χ0v) is 19.7. The largest absolute Gasteiger partial charge is 0.465 e. The first-order valence-electron chi connectivity index (χ1n) is 10.4. The third kappa shape index (κ3) is 6.10. The second kappa shape index (κ2) is 11.8. The van der Waals surface area contributed by atoms with Gasteiger partial charge in [0.2, 0.25) is 5.91 Å². The normalized spacial score (nSPS) is 11.4. The number of nitrogens with zero attached hydrogens (tertiary/aromatic N) is 3. The van der Waals surface area contributed by atoms with Crippen molar-refractivity contribution in [3.63, 3.8) is 0 Å². The summed E-state index contributed by atoms with van der Waals surface area (Å²) in [5, 5.41) is 14.6. The molecule has 9 nitrogen and oxygen atoms in total. The molecule has 0 radical (unpaired) electrons. The fraction of sp³-hybridized carbons (Fsp3) is 0.208. The Morgan fingerprint density at radius 1 is 1.12 bits per heavy atom. The minimum absolute atomic E-state index is 0.0372. The van der Waals surface area contributed by atoms with Gasteiger partial charge in [-0.15, -0.1) is 16.8 Å². The molecule has 0 aliphatic heterocycles. The molecule has 2 N–H and O–H groups in total. The lowest BCUT2D eigenvalue weighted by Crippen LogP contribution is -2.28. The number of esters is 1. The molecule has 1 atom stereocenters. The maximum Gasteiger partial charge on any atom is 0.339 e. The van der Waals surface area contributed by atoms with Crippen LogP contribution in [0.5, 0.6) is 0 Å². The summed E-state index contributed by atoms with van der Waals surface area (Å²) in [6.45, 7) is 6.00. The molecule has 3 rings (SSSR count). The van der Waals surface area contributed by atoms with Crippen molar-refractivity contribution in [3.8, 4) is 0 Å². The van der Waals surface area contributed by atoms with Gasteiger partial charge in [0, 0.05) is 12.1 Å². The summed E-state index contributed by atoms with van der Waals surface area (Å²) >= 11 is 1.19. The molecule has 10 heteroatoms. The molecule has 1 aromatic heterocycles. The third-order valence-electron chi connectivity index (χ3n) is 4.77. The van der Waals surface area contributed by atoms with E-state index in [2.05, 4.69) is 27.4 Å². The van der Waals surface area contributed by atoms with E-state index in [9.17, 15) is 14.4 Å². The van der Waals surface area contributed by atoms with Crippen LogP contribution in [0.3, 0.4) is 0 Å². The average molecular weight is 480 g/mol. The van der Waals surface area contributed by atoms with Crippen molar-refractivity contribution in [2.45, 2.75) is 24.7 Å². The average Bonchev–Trinajstić information content (AvgIpc) is 3.26. The van der Waals surface area contributed by atoms with E-state index in [0.29, 0.717) is 28.8 Å². The van der Waals surface area contributed by atoms with Crippen molar-refractivity contribution in [3.05, 3.63) is 84.2 Å². The van der Waals surface area contributed by atoms with Gasteiger partial charge in [-0.1, -0.05) is 48.2 Å². The van der Waals surface area contributed by atoms with Crippen LogP contribution in [0.1, 0.15) is 39.5 Å². The molecule has 0 fully saturated rings. The number of anilines is 1. The maximum atomic E-state index is 12.5. The molecule has 0 unspecified atom stereocenters. The first kappa shape index (κ1) is 24.7. The van der Waals surface area contributed by atoms with Crippen molar-refractivity contribution in [2.24, 2.45) is 0 Å². The number of hydrogen-bond acceptors (Lipinski definition) is 7. The molecule has 0 aliphatic carbocycles. The van der Waals surface area contributed by atoms with E-state index < -0.39 is 12.0 Å². The molecule has 0 saturated carbocycles. The number of benzene rings is 2. The second-order valence-electron chi connectivity index (χ2n) is 7.18. The topological polar surface area (TPSA) is 115 Å². The number of methoxy groups -OCH3 is 1. The van der Waals surface area contributed by atoms with Crippen LogP contribution in [-0.2, 0) is 16.1 Å². The first-order valence-corrected chi connectivity index (χ1v) is 11.4. The van der Waals surface area contributed by atoms with Crippen LogP contribution in [-0.4, -0.2) is 45.4 Å². The molecule has 0 spiro atoms. The highest BCUT2D eigenvalue weighted by Crippen LogP contribution is 2.22. The van der Waals surface area contributed by atoms with E-state index in [0.717, 1.165) is 0 Å². The van der Waals surface area contributed by atoms with Gasteiger partial charge in [-0.25, -0.2) is 4.79 Å². The lowest BCUT2D eigenvalue weighted by atomic mass is 10.2. The van der Waals surface area contributed by atoms with Crippen molar-refractivity contribution < 1.29 is 19.1 Å². The number of amides is 2. The van der Waals surface area contributed by atoms with E-state index in [1.54, 1.807) is 59.2 Å². The summed E-state index contributed by atoms with van der Waals surface area (Å²) in [5.41, 5.74) is 1.18. The predicted octanol–water partition coefficient (Wildman–Crippen LogP) is 3.47. The molecule has 0 aliphatic rings. The SMILES string of the molecule is C=CCn1c(SCC(=O)Nc2ccccc2C(=O)OC)nnc1[C@@H](C)NC(=O)c1ccccc1. The number of hydrogen-bond donors (Lipinski definition) is 2. The Morgan fingerprint density at radius 3 is 2.53 bits per heavy atom. The van der Waals surface area contributed by atoms with E-state index in [-0.39, 0.29) is 23.1 Å². The highest BCUT2D eigenvalue weighted by molar-refractivity contribution is 7.99. The Kier molecular flexibility index (Phi) is 8.58. The number of allylic oxidation sites excluding steroid dienone is 1. The van der Waals surface area contributed by atoms with Gasteiger partial charge in [0.05, 0.1) is 30.2 Å². The maximum absolute atomic E-state index is 12.5. The van der Waals surface area contributed by atoms with Crippen LogP contribution in [0.2, 0.25) is 0 Å². The van der Waals surface area contributed by atoms with Crippen molar-refractivity contribution >= 4 is 35.2 Å². The lowest BCUT2D eigenvalue weighted by molar-refractivity contribution is -0.113. The summed E-state index contributed by atoms with van der Waals surface area (Å²) in [5.74, 6) is -0.496. The predicted molar refractivity (Wildman–Crippen MR) is 130 cm³/mol. The molecule has 3 aromatic rings. The zero-order valence-electron chi connectivity index (χ0n) is 18.9. The van der Waals surface area contributed by atoms with E-state index >= 15 is 0 Å². The number of thioether (sulfide) groups is 1. The Bertz CT molecular complexity index is 1180. The van der Waals surface area contributed by atoms with E-state index in [1.807, 2.05) is 13.0 Å². The highest BCUT2D eigenvalue weighted by atomic mass is 32.2. The van der Waals surface area contributed by atoms with E-state index in [4.69, 9.17) is 4.74 Å². The summed E-state index contributed by atoms with van der Waals surface area (Å²) in [4.78, 5) is 37.0. The van der Waals surface area contributed by atoms with Crippen molar-refractivity contribution in [1.82, 2.24) is 20.1 Å². The van der Waals surface area contributed by atoms with E-state index in [1.165, 1.54) is 18.9 Å². The van der Waals surface area contributed by atoms with Crippen LogP contribution in [0, 0.1) is 0 Å². The fourth-order valence-electron chi connectivity index (χ4n) is 3.16. The summed E-state index contributed by atoms with van der Waals surface area (Å²) in [6, 6.07) is 15.1. The Hall–Kier alpha value is -3.92. The summed E-state index contributed by atoms with van der Waals surface area (Å²) < 4.78 is 6.55. The van der Waals surface area contributed by atoms with Crippen LogP contribution in [0.25, 0.3) is 0 Å². The highest BCUT2D eigenvalue weighted by Gasteiger charge is 2.21. The molecule has 0 bridgehead atoms. The lowest BCUT2D eigenvalue weighted by Gasteiger charge is -2.15. The van der Waals surface area contributed by atoms with Crippen LogP contribution >= 0.6 is 11.8 Å². The Balaban J connectivity index is 1.68. The van der Waals surface area contributed by atoms with Gasteiger partial charge in [0.1, 0.15) is 0 Å². The van der Waals surface area contributed by atoms with Crippen molar-refractivity contribution in [1.29, 1.82) is 0 Å². The van der Waals surface area contributed by atoms with Crippen LogP contribution in [0.4, 0.5) is 5.69 Å². The van der Waals surface area contributed by atoms with Gasteiger partial charge >= 0.3 is 5.97 Å². The monoisotopic (exact) mass is 479 g/mol. The molecule has 176 valence electrons. The zero-order chi connectivity index (χ0) is 24.5. The van der Waals surface area contributed by atoms with Crippen LogP contribution in [0.15, 0.2) is 72.4 Å². The van der Waals surface area contributed by atoms with Gasteiger partial charge in [-0.3, -0.25) is 9.59 Å². The number of carbonyl (C=O) groups is 3. The molecule has 2 amide bonds. The quantitative estimate of drug-likeness (QED) is 0.260. The number of ether oxygens (including phenoxy) is 1. The van der Waals surface area contributed by atoms with Gasteiger partial charge in [-0.05, 0) is 31.2 Å². The van der Waals surface area contributed by atoms with Crippen LogP contribution < -0.4 is 10.6 Å². The molecule has 0 saturated heterocycles. The van der Waals surface area contributed by atoms with Gasteiger partial charge in [0.15, 0.2) is 11.0 Å².